The van der Waals surface area contributed by atoms with E-state index in [2.05, 4.69) is 0 Å². The molecule has 3 nitrogen and oxygen atoms in total. The number of aldehydes is 1. The highest BCUT2D eigenvalue weighted by Gasteiger charge is 2.03. The van der Waals surface area contributed by atoms with Gasteiger partial charge < -0.3 is 4.57 Å². The van der Waals surface area contributed by atoms with Crippen LogP contribution in [-0.2, 0) is 6.54 Å². The lowest BCUT2D eigenvalue weighted by Gasteiger charge is -2.00. The molecule has 0 bridgehead atoms. The summed E-state index contributed by atoms with van der Waals surface area (Å²) >= 11 is 0. The van der Waals surface area contributed by atoms with E-state index in [0.717, 1.165) is 6.29 Å². The highest BCUT2D eigenvalue weighted by molar-refractivity contribution is 5.73. The molecule has 0 spiro atoms. The molecule has 0 radical (unpaired) electrons. The van der Waals surface area contributed by atoms with Crippen LogP contribution in [0.5, 0.6) is 0 Å². The fourth-order valence-corrected chi connectivity index (χ4v) is 1.04. The zero-order valence-electron chi connectivity index (χ0n) is 6.24. The van der Waals surface area contributed by atoms with E-state index in [0.29, 0.717) is 17.9 Å². The van der Waals surface area contributed by atoms with E-state index in [9.17, 15) is 4.79 Å². The van der Waals surface area contributed by atoms with Crippen LogP contribution in [0.2, 0.25) is 0 Å². The van der Waals surface area contributed by atoms with Crippen LogP contribution in [0.25, 0.3) is 0 Å². The summed E-state index contributed by atoms with van der Waals surface area (Å²) in [7, 11) is 0. The first-order valence-electron chi connectivity index (χ1n) is 3.38. The third kappa shape index (κ3) is 1.15. The molecule has 1 aromatic heterocycles. The monoisotopic (exact) mass is 148 g/mol. The summed E-state index contributed by atoms with van der Waals surface area (Å²) < 4.78 is 1.67. The van der Waals surface area contributed by atoms with E-state index in [-0.39, 0.29) is 0 Å². The Hall–Kier alpha value is -1.56. The molecule has 0 saturated heterocycles. The van der Waals surface area contributed by atoms with Gasteiger partial charge in [0.1, 0.15) is 11.8 Å². The number of aromatic nitrogens is 1. The van der Waals surface area contributed by atoms with Crippen LogP contribution >= 0.6 is 0 Å². The third-order valence-corrected chi connectivity index (χ3v) is 1.57. The van der Waals surface area contributed by atoms with Gasteiger partial charge in [-0.2, -0.15) is 5.26 Å². The van der Waals surface area contributed by atoms with Gasteiger partial charge >= 0.3 is 0 Å². The lowest BCUT2D eigenvalue weighted by Crippen LogP contribution is -2.01. The zero-order valence-corrected chi connectivity index (χ0v) is 6.24. The van der Waals surface area contributed by atoms with Crippen molar-refractivity contribution >= 4 is 6.29 Å². The van der Waals surface area contributed by atoms with Gasteiger partial charge in [0, 0.05) is 6.54 Å². The second kappa shape index (κ2) is 3.02. The number of carbonyl (C=O) groups is 1. The fraction of sp³-hybridized carbons (Fsp3) is 0.250. The Morgan fingerprint density at radius 2 is 2.45 bits per heavy atom. The molecule has 1 heterocycles. The third-order valence-electron chi connectivity index (χ3n) is 1.57. The molecule has 0 N–H and O–H groups in total. The van der Waals surface area contributed by atoms with Crippen LogP contribution < -0.4 is 0 Å². The van der Waals surface area contributed by atoms with E-state index in [1.165, 1.54) is 0 Å². The maximum atomic E-state index is 10.4. The predicted molar refractivity (Wildman–Crippen MR) is 40.2 cm³/mol. The molecule has 0 aliphatic rings. The standard InChI is InChI=1S/C8H8N2O/c1-2-10-7(5-9)3-4-8(10)6-11/h3-4,6H,2H2,1H3. The van der Waals surface area contributed by atoms with Gasteiger partial charge in [-0.1, -0.05) is 0 Å². The lowest BCUT2D eigenvalue weighted by atomic mass is 10.4. The first kappa shape index (κ1) is 7.55. The van der Waals surface area contributed by atoms with Crippen LogP contribution in [-0.4, -0.2) is 10.9 Å². The van der Waals surface area contributed by atoms with E-state index in [1.807, 2.05) is 13.0 Å². The van der Waals surface area contributed by atoms with Crippen LogP contribution in [0.1, 0.15) is 23.1 Å². The molecule has 1 rings (SSSR count). The minimum Gasteiger partial charge on any atom is -0.330 e. The van der Waals surface area contributed by atoms with Gasteiger partial charge in [-0.05, 0) is 19.1 Å². The minimum absolute atomic E-state index is 0.537. The quantitative estimate of drug-likeness (QED) is 0.591. The topological polar surface area (TPSA) is 45.8 Å². The van der Waals surface area contributed by atoms with Crippen LogP contribution in [0.4, 0.5) is 0 Å². The summed E-state index contributed by atoms with van der Waals surface area (Å²) in [6.45, 7) is 2.55. The Balaban J connectivity index is 3.22. The summed E-state index contributed by atoms with van der Waals surface area (Å²) in [6, 6.07) is 5.30. The van der Waals surface area contributed by atoms with Crippen molar-refractivity contribution in [2.45, 2.75) is 13.5 Å². The average Bonchev–Trinajstić information content (AvgIpc) is 2.45. The summed E-state index contributed by atoms with van der Waals surface area (Å²) in [5.74, 6) is 0. The molecule has 0 fully saturated rings. The zero-order chi connectivity index (χ0) is 8.27. The first-order valence-corrected chi connectivity index (χ1v) is 3.38. The molecule has 0 aliphatic heterocycles. The van der Waals surface area contributed by atoms with Gasteiger partial charge in [-0.15, -0.1) is 0 Å². The van der Waals surface area contributed by atoms with Gasteiger partial charge in [-0.3, -0.25) is 4.79 Å². The molecule has 1 aromatic rings. The van der Waals surface area contributed by atoms with Crippen molar-refractivity contribution in [1.29, 1.82) is 5.26 Å². The summed E-state index contributed by atoms with van der Waals surface area (Å²) in [5, 5.41) is 8.57. The number of hydrogen-bond donors (Lipinski definition) is 0. The van der Waals surface area contributed by atoms with Crippen molar-refractivity contribution in [2.24, 2.45) is 0 Å². The average molecular weight is 148 g/mol. The van der Waals surface area contributed by atoms with Crippen molar-refractivity contribution in [3.8, 4) is 6.07 Å². The molecule has 0 amide bonds. The summed E-state index contributed by atoms with van der Waals surface area (Å²) in [4.78, 5) is 10.4. The predicted octanol–water partition coefficient (Wildman–Crippen LogP) is 1.19. The van der Waals surface area contributed by atoms with Crippen molar-refractivity contribution in [2.75, 3.05) is 0 Å². The largest absolute Gasteiger partial charge is 0.330 e. The second-order valence-corrected chi connectivity index (χ2v) is 2.12. The summed E-state index contributed by atoms with van der Waals surface area (Å²) in [5.41, 5.74) is 1.10. The number of carbonyl (C=O) groups excluding carboxylic acids is 1. The van der Waals surface area contributed by atoms with Gasteiger partial charge in [0.15, 0.2) is 6.29 Å². The molecule has 56 valence electrons. The van der Waals surface area contributed by atoms with Gasteiger partial charge in [0.25, 0.3) is 0 Å². The van der Waals surface area contributed by atoms with Crippen LogP contribution in [0, 0.1) is 11.3 Å². The molecular formula is C8H8N2O. The van der Waals surface area contributed by atoms with Crippen molar-refractivity contribution in [3.05, 3.63) is 23.5 Å². The van der Waals surface area contributed by atoms with E-state index < -0.39 is 0 Å². The Labute approximate surface area is 64.9 Å². The van der Waals surface area contributed by atoms with Crippen LogP contribution in [0.3, 0.4) is 0 Å². The van der Waals surface area contributed by atoms with E-state index >= 15 is 0 Å². The number of nitriles is 1. The SMILES string of the molecule is CCn1c(C#N)ccc1C=O. The fourth-order valence-electron chi connectivity index (χ4n) is 1.04. The lowest BCUT2D eigenvalue weighted by molar-refractivity contribution is 0.111. The molecule has 0 atom stereocenters. The molecule has 0 aromatic carbocycles. The molecule has 0 saturated carbocycles. The molecule has 0 unspecified atom stereocenters. The normalized spacial score (nSPS) is 9.09. The Morgan fingerprint density at radius 3 is 2.91 bits per heavy atom. The Bertz CT molecular complexity index is 306. The van der Waals surface area contributed by atoms with E-state index in [4.69, 9.17) is 5.26 Å². The second-order valence-electron chi connectivity index (χ2n) is 2.12. The van der Waals surface area contributed by atoms with Gasteiger partial charge in [0.05, 0.1) is 5.69 Å². The highest BCUT2D eigenvalue weighted by Crippen LogP contribution is 2.05. The highest BCUT2D eigenvalue weighted by atomic mass is 16.1. The molecular weight excluding hydrogens is 140 g/mol. The van der Waals surface area contributed by atoms with Crippen LogP contribution in [0.15, 0.2) is 12.1 Å². The maximum absolute atomic E-state index is 10.4. The van der Waals surface area contributed by atoms with Gasteiger partial charge in [-0.25, -0.2) is 0 Å². The Morgan fingerprint density at radius 1 is 1.73 bits per heavy atom. The van der Waals surface area contributed by atoms with Crippen molar-refractivity contribution in [3.63, 3.8) is 0 Å². The molecule has 3 heteroatoms. The minimum atomic E-state index is 0.537. The van der Waals surface area contributed by atoms with Crippen molar-refractivity contribution in [1.82, 2.24) is 4.57 Å². The van der Waals surface area contributed by atoms with E-state index in [1.54, 1.807) is 16.7 Å². The maximum Gasteiger partial charge on any atom is 0.166 e. The first-order chi connectivity index (χ1) is 5.33. The smallest absolute Gasteiger partial charge is 0.166 e. The molecule has 11 heavy (non-hydrogen) atoms. The molecule has 0 aliphatic carbocycles. The number of nitrogens with zero attached hydrogens (tertiary/aromatic N) is 2. The number of hydrogen-bond acceptors (Lipinski definition) is 2. The summed E-state index contributed by atoms with van der Waals surface area (Å²) in [6.07, 6.45) is 0.754. The van der Waals surface area contributed by atoms with Gasteiger partial charge in [0.2, 0.25) is 0 Å². The van der Waals surface area contributed by atoms with Crippen molar-refractivity contribution < 1.29 is 4.79 Å². The number of rotatable bonds is 2. The Kier molecular flexibility index (Phi) is 2.07.